The molecule has 3 N–H and O–H groups in total. The molecule has 2 aromatic carbocycles. The van der Waals surface area contributed by atoms with Gasteiger partial charge < -0.3 is 19.6 Å². The number of thioether (sulfide) groups is 1. The molecule has 2 aliphatic heterocycles. The summed E-state index contributed by atoms with van der Waals surface area (Å²) < 4.78 is 16.7. The molecular formula is C22H17N5O3S. The second-order valence-corrected chi connectivity index (χ2v) is 7.99. The lowest BCUT2D eigenvalue weighted by atomic mass is 10.0. The van der Waals surface area contributed by atoms with Crippen LogP contribution in [0.25, 0.3) is 11.0 Å². The van der Waals surface area contributed by atoms with Crippen molar-refractivity contribution in [3.05, 3.63) is 71.2 Å². The molecule has 0 saturated carbocycles. The smallest absolute Gasteiger partial charge is 0.231 e. The summed E-state index contributed by atoms with van der Waals surface area (Å²) in [6.45, 7) is 2.03. The van der Waals surface area contributed by atoms with Gasteiger partial charge >= 0.3 is 0 Å². The van der Waals surface area contributed by atoms with Crippen molar-refractivity contribution >= 4 is 33.6 Å². The lowest BCUT2D eigenvalue weighted by Gasteiger charge is -2.22. The molecule has 31 heavy (non-hydrogen) atoms. The normalized spacial score (nSPS) is 18.1. The van der Waals surface area contributed by atoms with Crippen molar-refractivity contribution in [2.24, 2.45) is 15.8 Å². The number of fused-ring (bicyclic) bond motifs is 2. The molecule has 5 rings (SSSR count). The number of nitrogens with one attached hydrogen (secondary N) is 1. The first-order chi connectivity index (χ1) is 15.1. The zero-order valence-electron chi connectivity index (χ0n) is 16.5. The van der Waals surface area contributed by atoms with E-state index in [0.717, 1.165) is 16.5 Å². The van der Waals surface area contributed by atoms with Crippen molar-refractivity contribution < 1.29 is 13.9 Å². The average Bonchev–Trinajstić information content (AvgIpc) is 3.43. The highest BCUT2D eigenvalue weighted by Crippen LogP contribution is 2.43. The first kappa shape index (κ1) is 19.1. The van der Waals surface area contributed by atoms with Crippen LogP contribution >= 0.6 is 11.8 Å². The van der Waals surface area contributed by atoms with Crippen LogP contribution in [0.15, 0.2) is 74.4 Å². The SMILES string of the molecule is C/C(=N\NC1=NC(N)=C(C#N)C(c2ccc3c(c2)OCO3)S1)c1cc2ccccc2o1. The zero-order valence-corrected chi connectivity index (χ0v) is 17.3. The monoisotopic (exact) mass is 431 g/mol. The van der Waals surface area contributed by atoms with Crippen LogP contribution in [0.5, 0.6) is 11.5 Å². The molecule has 0 amide bonds. The van der Waals surface area contributed by atoms with E-state index in [1.54, 1.807) is 0 Å². The molecule has 3 heterocycles. The van der Waals surface area contributed by atoms with E-state index < -0.39 is 0 Å². The predicted molar refractivity (Wildman–Crippen MR) is 119 cm³/mol. The molecule has 0 aliphatic carbocycles. The minimum atomic E-state index is -0.346. The van der Waals surface area contributed by atoms with Gasteiger partial charge in [0, 0.05) is 5.39 Å². The van der Waals surface area contributed by atoms with Gasteiger partial charge in [-0.05, 0) is 36.8 Å². The third-order valence-corrected chi connectivity index (χ3v) is 6.06. The van der Waals surface area contributed by atoms with Crippen LogP contribution in [0.1, 0.15) is 23.5 Å². The molecule has 0 spiro atoms. The van der Waals surface area contributed by atoms with Gasteiger partial charge in [0.05, 0.1) is 10.8 Å². The number of aliphatic imine (C=N–C) groups is 1. The van der Waals surface area contributed by atoms with Crippen LogP contribution in [0, 0.1) is 11.3 Å². The van der Waals surface area contributed by atoms with E-state index in [4.69, 9.17) is 19.6 Å². The molecule has 154 valence electrons. The number of nitrogens with zero attached hydrogens (tertiary/aromatic N) is 3. The fourth-order valence-electron chi connectivity index (χ4n) is 3.33. The van der Waals surface area contributed by atoms with E-state index in [9.17, 15) is 5.26 Å². The van der Waals surface area contributed by atoms with E-state index in [-0.39, 0.29) is 17.9 Å². The minimum Gasteiger partial charge on any atom is -0.455 e. The lowest BCUT2D eigenvalue weighted by Crippen LogP contribution is -2.23. The van der Waals surface area contributed by atoms with Gasteiger partial charge in [0.1, 0.15) is 23.2 Å². The first-order valence-corrected chi connectivity index (χ1v) is 10.3. The Labute approximate surface area is 182 Å². The number of para-hydroxylation sites is 1. The highest BCUT2D eigenvalue weighted by Gasteiger charge is 2.29. The number of ether oxygens (including phenoxy) is 2. The van der Waals surface area contributed by atoms with Crippen molar-refractivity contribution in [1.29, 1.82) is 5.26 Å². The van der Waals surface area contributed by atoms with Gasteiger partial charge in [0.2, 0.25) is 6.79 Å². The summed E-state index contributed by atoms with van der Waals surface area (Å²) in [5.74, 6) is 2.13. The Balaban J connectivity index is 1.40. The van der Waals surface area contributed by atoms with Crippen molar-refractivity contribution in [2.45, 2.75) is 12.2 Å². The Kier molecular flexibility index (Phi) is 4.76. The summed E-state index contributed by atoms with van der Waals surface area (Å²) in [4.78, 5) is 4.30. The Morgan fingerprint density at radius 2 is 2.06 bits per heavy atom. The summed E-state index contributed by atoms with van der Waals surface area (Å²) in [6, 6.07) is 17.4. The predicted octanol–water partition coefficient (Wildman–Crippen LogP) is 4.01. The third kappa shape index (κ3) is 3.58. The molecular weight excluding hydrogens is 414 g/mol. The summed E-state index contributed by atoms with van der Waals surface area (Å²) in [5, 5.41) is 15.2. The molecule has 0 bridgehead atoms. The molecule has 0 fully saturated rings. The van der Waals surface area contributed by atoms with Crippen LogP contribution in [-0.2, 0) is 0 Å². The van der Waals surface area contributed by atoms with E-state index in [2.05, 4.69) is 21.6 Å². The second kappa shape index (κ2) is 7.74. The zero-order chi connectivity index (χ0) is 21.4. The fraction of sp³-hybridized carbons (Fsp3) is 0.136. The van der Waals surface area contributed by atoms with Gasteiger partial charge in [-0.1, -0.05) is 36.0 Å². The molecule has 9 heteroatoms. The van der Waals surface area contributed by atoms with Gasteiger partial charge in [-0.15, -0.1) is 0 Å². The summed E-state index contributed by atoms with van der Waals surface area (Å²) in [5.41, 5.74) is 11.7. The second-order valence-electron chi connectivity index (χ2n) is 6.90. The maximum Gasteiger partial charge on any atom is 0.231 e. The Hall–Kier alpha value is -3.90. The highest BCUT2D eigenvalue weighted by molar-refractivity contribution is 8.14. The maximum atomic E-state index is 9.62. The summed E-state index contributed by atoms with van der Waals surface area (Å²) >= 11 is 1.35. The quantitative estimate of drug-likeness (QED) is 0.475. The maximum absolute atomic E-state index is 9.62. The number of benzene rings is 2. The molecule has 3 aromatic rings. The Morgan fingerprint density at radius 1 is 1.23 bits per heavy atom. The molecule has 0 saturated heterocycles. The van der Waals surface area contributed by atoms with Crippen LogP contribution < -0.4 is 20.6 Å². The Bertz CT molecular complexity index is 1290. The summed E-state index contributed by atoms with van der Waals surface area (Å²) in [7, 11) is 0. The summed E-state index contributed by atoms with van der Waals surface area (Å²) in [6.07, 6.45) is 0. The van der Waals surface area contributed by atoms with Crippen LogP contribution in [-0.4, -0.2) is 17.7 Å². The van der Waals surface area contributed by atoms with Gasteiger partial charge in [-0.3, -0.25) is 5.43 Å². The van der Waals surface area contributed by atoms with Crippen LogP contribution in [0.4, 0.5) is 0 Å². The van der Waals surface area contributed by atoms with Crippen LogP contribution in [0.2, 0.25) is 0 Å². The number of amidine groups is 1. The number of hydrogen-bond donors (Lipinski definition) is 2. The van der Waals surface area contributed by atoms with Crippen LogP contribution in [0.3, 0.4) is 0 Å². The first-order valence-electron chi connectivity index (χ1n) is 9.46. The molecule has 8 nitrogen and oxygen atoms in total. The largest absolute Gasteiger partial charge is 0.455 e. The number of rotatable bonds is 3. The van der Waals surface area contributed by atoms with Gasteiger partial charge in [0.15, 0.2) is 22.4 Å². The van der Waals surface area contributed by atoms with Crippen molar-refractivity contribution in [3.8, 4) is 17.6 Å². The van der Waals surface area contributed by atoms with E-state index in [1.165, 1.54) is 11.8 Å². The average molecular weight is 431 g/mol. The molecule has 1 aromatic heterocycles. The molecule has 2 aliphatic rings. The van der Waals surface area contributed by atoms with Crippen molar-refractivity contribution in [2.75, 3.05) is 6.79 Å². The topological polar surface area (TPSA) is 118 Å². The van der Waals surface area contributed by atoms with Gasteiger partial charge in [0.25, 0.3) is 0 Å². The molecule has 1 atom stereocenters. The van der Waals surface area contributed by atoms with E-state index in [0.29, 0.717) is 33.7 Å². The third-order valence-electron chi connectivity index (χ3n) is 4.91. The number of hydrazone groups is 1. The van der Waals surface area contributed by atoms with Gasteiger partial charge in [-0.2, -0.15) is 10.4 Å². The molecule has 0 radical (unpaired) electrons. The number of nitrogens with two attached hydrogens (primary N) is 1. The molecule has 1 unspecified atom stereocenters. The number of nitriles is 1. The highest BCUT2D eigenvalue weighted by atomic mass is 32.2. The van der Waals surface area contributed by atoms with E-state index in [1.807, 2.05) is 55.5 Å². The van der Waals surface area contributed by atoms with E-state index >= 15 is 0 Å². The fourth-order valence-corrected chi connectivity index (χ4v) is 4.37. The van der Waals surface area contributed by atoms with Gasteiger partial charge in [-0.25, -0.2) is 4.99 Å². The minimum absolute atomic E-state index is 0.156. The Morgan fingerprint density at radius 3 is 2.90 bits per heavy atom. The standard InChI is InChI=1S/C22H17N5O3S/c1-12(18-8-13-4-2-3-5-16(13)30-18)26-27-22-25-21(24)15(10-23)20(31-22)14-6-7-17-19(9-14)29-11-28-17/h2-9,20H,11,24H2,1H3,(H,25,27)/b26-12+. The number of hydrogen-bond acceptors (Lipinski definition) is 9. The number of furan rings is 1. The lowest BCUT2D eigenvalue weighted by molar-refractivity contribution is 0.174. The van der Waals surface area contributed by atoms with Crippen molar-refractivity contribution in [1.82, 2.24) is 5.43 Å². The van der Waals surface area contributed by atoms with Crippen molar-refractivity contribution in [3.63, 3.8) is 0 Å².